The van der Waals surface area contributed by atoms with Crippen LogP contribution in [0.3, 0.4) is 0 Å². The summed E-state index contributed by atoms with van der Waals surface area (Å²) in [5.41, 5.74) is 0. The van der Waals surface area contributed by atoms with Crippen LogP contribution < -0.4 is 0 Å². The monoisotopic (exact) mass is 166 g/mol. The van der Waals surface area contributed by atoms with Gasteiger partial charge in [0.25, 0.3) is 0 Å². The first-order valence-electron chi connectivity index (χ1n) is 2.68. The first kappa shape index (κ1) is 11.6. The molecule has 49 valence electrons. The fraction of sp³-hybridized carbons (Fsp3) is 0.667. The van der Waals surface area contributed by atoms with E-state index in [0.29, 0.717) is 12.7 Å². The molecule has 2 nitrogen and oxygen atoms in total. The van der Waals surface area contributed by atoms with E-state index < -0.39 is 0 Å². The van der Waals surface area contributed by atoms with Gasteiger partial charge in [0.15, 0.2) is 0 Å². The molecule has 0 amide bonds. The van der Waals surface area contributed by atoms with E-state index in [1.165, 1.54) is 6.92 Å². The van der Waals surface area contributed by atoms with Crippen LogP contribution in [0.1, 0.15) is 20.3 Å². The fourth-order valence-electron chi connectivity index (χ4n) is 0.480. The van der Waals surface area contributed by atoms with Gasteiger partial charge in [-0.15, -0.1) is 0 Å². The average molecular weight is 166 g/mol. The van der Waals surface area contributed by atoms with Crippen molar-refractivity contribution in [1.29, 1.82) is 0 Å². The molecule has 0 saturated heterocycles. The first-order valence-corrected chi connectivity index (χ1v) is 2.68. The standard InChI is InChI=1S/C6H10O2.Cr/c1-3-6(4-7)5(2)8;/h4,6H,3H2,1-2H3;/q;+3. The Morgan fingerprint density at radius 3 is 2.11 bits per heavy atom. The molecule has 3 heteroatoms. The fourth-order valence-corrected chi connectivity index (χ4v) is 0.480. The second-order valence-electron chi connectivity index (χ2n) is 1.76. The van der Waals surface area contributed by atoms with Crippen LogP contribution in [-0.2, 0) is 27.0 Å². The molecule has 0 aliphatic rings. The minimum Gasteiger partial charge on any atom is -0.303 e. The summed E-state index contributed by atoms with van der Waals surface area (Å²) < 4.78 is 0. The van der Waals surface area contributed by atoms with Gasteiger partial charge < -0.3 is 4.79 Å². The van der Waals surface area contributed by atoms with Gasteiger partial charge in [0.1, 0.15) is 12.1 Å². The average Bonchev–Trinajstić information content (AvgIpc) is 1.69. The van der Waals surface area contributed by atoms with Gasteiger partial charge in [-0.05, 0) is 13.3 Å². The first-order chi connectivity index (χ1) is 3.72. The van der Waals surface area contributed by atoms with E-state index in [4.69, 9.17) is 0 Å². The van der Waals surface area contributed by atoms with Crippen molar-refractivity contribution in [2.45, 2.75) is 20.3 Å². The number of carbonyl (C=O) groups excluding carboxylic acids is 2. The molecule has 1 atom stereocenters. The molecule has 0 saturated carbocycles. The van der Waals surface area contributed by atoms with Gasteiger partial charge in [0, 0.05) is 0 Å². The summed E-state index contributed by atoms with van der Waals surface area (Å²) in [5.74, 6) is -0.405. The molecule has 0 aromatic carbocycles. The van der Waals surface area contributed by atoms with E-state index in [9.17, 15) is 9.59 Å². The summed E-state index contributed by atoms with van der Waals surface area (Å²) in [4.78, 5) is 20.3. The smallest absolute Gasteiger partial charge is 0.303 e. The molecule has 0 aromatic rings. The Hall–Kier alpha value is -0.128. The third-order valence-electron chi connectivity index (χ3n) is 1.13. The summed E-state index contributed by atoms with van der Waals surface area (Å²) in [7, 11) is 0. The SMILES string of the molecule is CCC(C=O)C(C)=O.[Cr+3]. The minimum absolute atomic E-state index is 0. The number of hydrogen-bond donors (Lipinski definition) is 0. The molecule has 1 radical (unpaired) electrons. The maximum atomic E-state index is 10.4. The van der Waals surface area contributed by atoms with Gasteiger partial charge in [-0.3, -0.25) is 4.79 Å². The summed E-state index contributed by atoms with van der Waals surface area (Å²) in [6.45, 7) is 3.25. The van der Waals surface area contributed by atoms with Gasteiger partial charge in [-0.2, -0.15) is 0 Å². The number of aldehydes is 1. The van der Waals surface area contributed by atoms with Crippen molar-refractivity contribution < 1.29 is 27.0 Å². The van der Waals surface area contributed by atoms with Crippen LogP contribution >= 0.6 is 0 Å². The van der Waals surface area contributed by atoms with Gasteiger partial charge in [0.2, 0.25) is 0 Å². The van der Waals surface area contributed by atoms with Crippen LogP contribution in [0.15, 0.2) is 0 Å². The van der Waals surface area contributed by atoms with E-state index in [1.54, 1.807) is 0 Å². The second-order valence-corrected chi connectivity index (χ2v) is 1.76. The zero-order valence-corrected chi connectivity index (χ0v) is 6.86. The van der Waals surface area contributed by atoms with Crippen molar-refractivity contribution in [3.05, 3.63) is 0 Å². The van der Waals surface area contributed by atoms with E-state index in [0.717, 1.165) is 0 Å². The molecular weight excluding hydrogens is 156 g/mol. The molecule has 0 bridgehead atoms. The van der Waals surface area contributed by atoms with Gasteiger partial charge >= 0.3 is 17.4 Å². The zero-order chi connectivity index (χ0) is 6.57. The Labute approximate surface area is 65.8 Å². The largest absolute Gasteiger partial charge is 3.00 e. The number of ketones is 1. The minimum atomic E-state index is -0.366. The van der Waals surface area contributed by atoms with Gasteiger partial charge in [-0.1, -0.05) is 6.92 Å². The molecular formula is C6H10CrO2+3. The van der Waals surface area contributed by atoms with Crippen LogP contribution in [0.4, 0.5) is 0 Å². The number of rotatable bonds is 3. The predicted molar refractivity (Wildman–Crippen MR) is 30.5 cm³/mol. The molecule has 0 spiro atoms. The van der Waals surface area contributed by atoms with Crippen molar-refractivity contribution in [3.63, 3.8) is 0 Å². The third-order valence-corrected chi connectivity index (χ3v) is 1.13. The molecule has 0 aliphatic carbocycles. The molecule has 0 N–H and O–H groups in total. The zero-order valence-electron chi connectivity index (χ0n) is 5.59. The Bertz CT molecular complexity index is 101. The Morgan fingerprint density at radius 1 is 1.67 bits per heavy atom. The van der Waals surface area contributed by atoms with E-state index >= 15 is 0 Å². The van der Waals surface area contributed by atoms with E-state index in [2.05, 4.69) is 0 Å². The predicted octanol–water partition coefficient (Wildman–Crippen LogP) is 0.798. The van der Waals surface area contributed by atoms with E-state index in [-0.39, 0.29) is 29.1 Å². The molecule has 0 aromatic heterocycles. The quantitative estimate of drug-likeness (QED) is 0.459. The molecule has 0 fully saturated rings. The maximum Gasteiger partial charge on any atom is 3.00 e. The maximum absolute atomic E-state index is 10.4. The Kier molecular flexibility index (Phi) is 7.76. The normalized spacial score (nSPS) is 11.3. The van der Waals surface area contributed by atoms with Crippen molar-refractivity contribution in [3.8, 4) is 0 Å². The summed E-state index contributed by atoms with van der Waals surface area (Å²) >= 11 is 0. The Balaban J connectivity index is 0. The van der Waals surface area contributed by atoms with E-state index in [1.807, 2.05) is 6.92 Å². The van der Waals surface area contributed by atoms with Crippen LogP contribution in [-0.4, -0.2) is 12.1 Å². The molecule has 9 heavy (non-hydrogen) atoms. The second kappa shape index (κ2) is 6.00. The third kappa shape index (κ3) is 4.38. The topological polar surface area (TPSA) is 34.1 Å². The van der Waals surface area contributed by atoms with Crippen LogP contribution in [0.2, 0.25) is 0 Å². The number of hydrogen-bond acceptors (Lipinski definition) is 2. The van der Waals surface area contributed by atoms with Gasteiger partial charge in [0.05, 0.1) is 5.92 Å². The van der Waals surface area contributed by atoms with Crippen molar-refractivity contribution in [2.75, 3.05) is 0 Å². The van der Waals surface area contributed by atoms with Crippen molar-refractivity contribution in [2.24, 2.45) is 5.92 Å². The summed E-state index contributed by atoms with van der Waals surface area (Å²) in [6, 6.07) is 0. The molecule has 0 aliphatic heterocycles. The number of carbonyl (C=O) groups is 2. The van der Waals surface area contributed by atoms with Crippen LogP contribution in [0.25, 0.3) is 0 Å². The Morgan fingerprint density at radius 2 is 2.11 bits per heavy atom. The number of Topliss-reactive ketones (excluding diaryl/α,β-unsaturated/α-hetero) is 1. The van der Waals surface area contributed by atoms with Gasteiger partial charge in [-0.25, -0.2) is 0 Å². The molecule has 0 rings (SSSR count). The van der Waals surface area contributed by atoms with Crippen molar-refractivity contribution in [1.82, 2.24) is 0 Å². The van der Waals surface area contributed by atoms with Crippen LogP contribution in [0, 0.1) is 5.92 Å². The molecule has 0 heterocycles. The summed E-state index contributed by atoms with van der Waals surface area (Å²) in [6.07, 6.45) is 1.32. The summed E-state index contributed by atoms with van der Waals surface area (Å²) in [5, 5.41) is 0. The van der Waals surface area contributed by atoms with Crippen LogP contribution in [0.5, 0.6) is 0 Å². The molecule has 1 unspecified atom stereocenters. The van der Waals surface area contributed by atoms with Crippen molar-refractivity contribution >= 4 is 12.1 Å².